The van der Waals surface area contributed by atoms with E-state index in [1.54, 1.807) is 24.3 Å². The Morgan fingerprint density at radius 3 is 2.09 bits per heavy atom. The molecule has 1 fully saturated rings. The first kappa shape index (κ1) is 24.6. The Hall–Kier alpha value is -3.00. The molecule has 5 atom stereocenters. The van der Waals surface area contributed by atoms with Crippen LogP contribution in [0.25, 0.3) is 0 Å². The smallest absolute Gasteiger partial charge is 0.303 e. The molecule has 0 spiro atoms. The van der Waals surface area contributed by atoms with Crippen LogP contribution in [-0.2, 0) is 23.8 Å². The second-order valence-electron chi connectivity index (χ2n) is 8.32. The lowest BCUT2D eigenvalue weighted by Gasteiger charge is -2.42. The molecule has 0 amide bonds. The third-order valence-corrected chi connectivity index (χ3v) is 6.99. The molecule has 180 valence electrons. The standard InChI is InChI=1S/C25H32O8/c1-9-10-24-13-19(30-6)22(33-15(3)26)25(32-8,23(24)27)20(14(24)2)16-11-17(28-4)21(31-7)18(12-16)29-5/h9,11-14,20,22H,1,10H2,2-8H3. The maximum Gasteiger partial charge on any atom is 0.303 e. The summed E-state index contributed by atoms with van der Waals surface area (Å²) in [7, 11) is 7.52. The third-order valence-electron chi connectivity index (χ3n) is 6.99. The lowest BCUT2D eigenvalue weighted by Crippen LogP contribution is -2.58. The number of esters is 1. The molecule has 1 aromatic rings. The van der Waals surface area contributed by atoms with E-state index in [4.69, 9.17) is 28.4 Å². The second-order valence-corrected chi connectivity index (χ2v) is 8.32. The summed E-state index contributed by atoms with van der Waals surface area (Å²) in [6.45, 7) is 7.15. The quantitative estimate of drug-likeness (QED) is 0.409. The first-order valence-corrected chi connectivity index (χ1v) is 10.7. The number of fused-ring (bicyclic) bond motifs is 2. The highest BCUT2D eigenvalue weighted by atomic mass is 16.6. The lowest BCUT2D eigenvalue weighted by molar-refractivity contribution is -0.177. The van der Waals surface area contributed by atoms with Gasteiger partial charge in [-0.3, -0.25) is 9.59 Å². The SMILES string of the molecule is C=CCC12C=C(OC)C(OC(C)=O)C(OC)(C1=O)C(c1cc(OC)c(OC)c(OC)c1)C2C. The Kier molecular flexibility index (Phi) is 6.79. The van der Waals surface area contributed by atoms with Crippen LogP contribution >= 0.6 is 0 Å². The summed E-state index contributed by atoms with van der Waals surface area (Å²) in [5.41, 5.74) is -1.76. The summed E-state index contributed by atoms with van der Waals surface area (Å²) in [4.78, 5) is 26.3. The highest BCUT2D eigenvalue weighted by Crippen LogP contribution is 2.64. The van der Waals surface area contributed by atoms with Crippen molar-refractivity contribution < 1.29 is 38.0 Å². The molecule has 0 aromatic heterocycles. The van der Waals surface area contributed by atoms with Gasteiger partial charge in [-0.05, 0) is 36.1 Å². The van der Waals surface area contributed by atoms with Crippen LogP contribution in [0.2, 0.25) is 0 Å². The van der Waals surface area contributed by atoms with Crippen LogP contribution in [0, 0.1) is 11.3 Å². The van der Waals surface area contributed by atoms with Gasteiger partial charge in [-0.25, -0.2) is 0 Å². The van der Waals surface area contributed by atoms with Crippen LogP contribution in [0.15, 0.2) is 36.6 Å². The number of benzene rings is 1. The molecule has 0 aliphatic heterocycles. The van der Waals surface area contributed by atoms with Crippen molar-refractivity contribution in [1.29, 1.82) is 0 Å². The van der Waals surface area contributed by atoms with Crippen molar-refractivity contribution in [3.05, 3.63) is 42.2 Å². The Balaban J connectivity index is 2.36. The number of Topliss-reactive ketones (excluding diaryl/α,β-unsaturated/α-hetero) is 1. The predicted molar refractivity (Wildman–Crippen MR) is 121 cm³/mol. The average Bonchev–Trinajstić information content (AvgIpc) is 2.93. The van der Waals surface area contributed by atoms with Gasteiger partial charge in [0.2, 0.25) is 5.75 Å². The van der Waals surface area contributed by atoms with E-state index in [2.05, 4.69) is 6.58 Å². The van der Waals surface area contributed by atoms with E-state index in [9.17, 15) is 9.59 Å². The van der Waals surface area contributed by atoms with Gasteiger partial charge < -0.3 is 28.4 Å². The van der Waals surface area contributed by atoms with Crippen molar-refractivity contribution in [2.24, 2.45) is 11.3 Å². The lowest BCUT2D eigenvalue weighted by atomic mass is 9.70. The van der Waals surface area contributed by atoms with Crippen LogP contribution in [0.4, 0.5) is 0 Å². The highest BCUT2D eigenvalue weighted by Gasteiger charge is 2.73. The van der Waals surface area contributed by atoms with Crippen molar-refractivity contribution in [3.63, 3.8) is 0 Å². The van der Waals surface area contributed by atoms with E-state index >= 15 is 0 Å². The zero-order valence-electron chi connectivity index (χ0n) is 20.2. The summed E-state index contributed by atoms with van der Waals surface area (Å²) >= 11 is 0. The van der Waals surface area contributed by atoms with Crippen molar-refractivity contribution in [2.45, 2.75) is 37.9 Å². The molecule has 2 aliphatic carbocycles. The largest absolute Gasteiger partial charge is 0.497 e. The van der Waals surface area contributed by atoms with Crippen LogP contribution in [0.5, 0.6) is 17.2 Å². The van der Waals surface area contributed by atoms with E-state index in [0.717, 1.165) is 5.56 Å². The zero-order valence-corrected chi connectivity index (χ0v) is 20.2. The molecule has 8 nitrogen and oxygen atoms in total. The number of methoxy groups -OCH3 is 5. The summed E-state index contributed by atoms with van der Waals surface area (Å²) in [5, 5.41) is 0. The van der Waals surface area contributed by atoms with Gasteiger partial charge in [0.05, 0.1) is 33.9 Å². The first-order chi connectivity index (χ1) is 15.7. The van der Waals surface area contributed by atoms with Gasteiger partial charge in [-0.2, -0.15) is 0 Å². The Morgan fingerprint density at radius 1 is 1.06 bits per heavy atom. The fraction of sp³-hybridized carbons (Fsp3) is 0.520. The molecule has 2 aliphatic rings. The molecule has 8 heteroatoms. The number of carbonyl (C=O) groups excluding carboxylic acids is 2. The molecule has 33 heavy (non-hydrogen) atoms. The second kappa shape index (κ2) is 9.09. The molecule has 0 saturated heterocycles. The number of rotatable bonds is 9. The summed E-state index contributed by atoms with van der Waals surface area (Å²) in [6.07, 6.45) is 2.79. The maximum atomic E-state index is 14.2. The van der Waals surface area contributed by atoms with E-state index < -0.39 is 29.0 Å². The van der Waals surface area contributed by atoms with Gasteiger partial charge in [-0.1, -0.05) is 13.0 Å². The van der Waals surface area contributed by atoms with Crippen molar-refractivity contribution in [2.75, 3.05) is 35.5 Å². The Bertz CT molecular complexity index is 958. The fourth-order valence-electron chi connectivity index (χ4n) is 5.60. The van der Waals surface area contributed by atoms with Crippen LogP contribution in [0.1, 0.15) is 31.7 Å². The first-order valence-electron chi connectivity index (χ1n) is 10.7. The minimum absolute atomic E-state index is 0.185. The topological polar surface area (TPSA) is 89.5 Å². The van der Waals surface area contributed by atoms with Crippen LogP contribution < -0.4 is 14.2 Å². The Morgan fingerprint density at radius 2 is 1.67 bits per heavy atom. The van der Waals surface area contributed by atoms with Gasteiger partial charge in [0.15, 0.2) is 29.0 Å². The number of allylic oxidation sites excluding steroid dienone is 2. The van der Waals surface area contributed by atoms with Crippen LogP contribution in [0.3, 0.4) is 0 Å². The number of ether oxygens (including phenoxy) is 6. The van der Waals surface area contributed by atoms with Gasteiger partial charge >= 0.3 is 5.97 Å². The van der Waals surface area contributed by atoms with E-state index in [1.807, 2.05) is 6.92 Å². The number of hydrogen-bond acceptors (Lipinski definition) is 8. The maximum absolute atomic E-state index is 14.2. The summed E-state index contributed by atoms with van der Waals surface area (Å²) in [6, 6.07) is 3.60. The minimum atomic E-state index is -1.53. The minimum Gasteiger partial charge on any atom is -0.497 e. The van der Waals surface area contributed by atoms with Crippen LogP contribution in [-0.4, -0.2) is 59.0 Å². The normalized spacial score (nSPS) is 30.3. The van der Waals surface area contributed by atoms with Gasteiger partial charge in [0, 0.05) is 20.0 Å². The number of carbonyl (C=O) groups is 2. The molecule has 3 rings (SSSR count). The summed E-state index contributed by atoms with van der Waals surface area (Å²) in [5.74, 6) is 0.163. The van der Waals surface area contributed by atoms with E-state index in [1.165, 1.54) is 42.5 Å². The molecule has 1 saturated carbocycles. The van der Waals surface area contributed by atoms with Crippen molar-refractivity contribution in [3.8, 4) is 17.2 Å². The van der Waals surface area contributed by atoms with Gasteiger partial charge in [-0.15, -0.1) is 6.58 Å². The van der Waals surface area contributed by atoms with E-state index in [0.29, 0.717) is 29.4 Å². The number of hydrogen-bond donors (Lipinski definition) is 0. The molecule has 0 heterocycles. The molecule has 1 aromatic carbocycles. The molecular weight excluding hydrogens is 428 g/mol. The molecule has 2 bridgehead atoms. The fourth-order valence-corrected chi connectivity index (χ4v) is 5.60. The highest BCUT2D eigenvalue weighted by molar-refractivity contribution is 6.01. The molecule has 5 unspecified atom stereocenters. The number of ketones is 1. The Labute approximate surface area is 194 Å². The van der Waals surface area contributed by atoms with Gasteiger partial charge in [0.1, 0.15) is 5.76 Å². The molecular formula is C25H32O8. The molecule has 0 radical (unpaired) electrons. The summed E-state index contributed by atoms with van der Waals surface area (Å²) < 4.78 is 33.9. The molecule has 0 N–H and O–H groups in total. The van der Waals surface area contributed by atoms with Crippen molar-refractivity contribution >= 4 is 11.8 Å². The van der Waals surface area contributed by atoms with Crippen molar-refractivity contribution in [1.82, 2.24) is 0 Å². The predicted octanol–water partition coefficient (Wildman–Crippen LogP) is 3.44. The monoisotopic (exact) mass is 460 g/mol. The average molecular weight is 461 g/mol. The third kappa shape index (κ3) is 3.39. The zero-order chi connectivity index (χ0) is 24.6. The van der Waals surface area contributed by atoms with Gasteiger partial charge in [0.25, 0.3) is 0 Å². The van der Waals surface area contributed by atoms with E-state index in [-0.39, 0.29) is 11.7 Å².